The van der Waals surface area contributed by atoms with Crippen LogP contribution in [0, 0.1) is 34.5 Å². The predicted octanol–water partition coefficient (Wildman–Crippen LogP) is 4.62. The molecule has 4 rings (SSSR count). The van der Waals surface area contributed by atoms with Gasteiger partial charge in [-0.05, 0) is 67.8 Å². The summed E-state index contributed by atoms with van der Waals surface area (Å²) in [6.45, 7) is 9.04. The lowest BCUT2D eigenvalue weighted by Crippen LogP contribution is -2.50. The fourth-order valence-corrected chi connectivity index (χ4v) is 7.27. The van der Waals surface area contributed by atoms with Crippen molar-refractivity contribution in [1.82, 2.24) is 0 Å². The van der Waals surface area contributed by atoms with Gasteiger partial charge in [0.05, 0.1) is 18.6 Å². The molecule has 2 saturated carbocycles. The molecule has 6 nitrogen and oxygen atoms in total. The average Bonchev–Trinajstić information content (AvgIpc) is 3.08. The van der Waals surface area contributed by atoms with Crippen molar-refractivity contribution >= 4 is 11.9 Å². The van der Waals surface area contributed by atoms with Crippen LogP contribution in [0.2, 0.25) is 0 Å². The van der Waals surface area contributed by atoms with Gasteiger partial charge in [0.25, 0.3) is 0 Å². The van der Waals surface area contributed by atoms with Gasteiger partial charge in [0.15, 0.2) is 0 Å². The number of hydrogen-bond donors (Lipinski definition) is 0. The maximum absolute atomic E-state index is 13.2. The van der Waals surface area contributed by atoms with E-state index in [4.69, 9.17) is 18.9 Å². The van der Waals surface area contributed by atoms with Gasteiger partial charge in [-0.2, -0.15) is 0 Å². The van der Waals surface area contributed by atoms with Crippen LogP contribution < -0.4 is 0 Å². The van der Waals surface area contributed by atoms with Crippen LogP contribution in [0.3, 0.4) is 0 Å². The summed E-state index contributed by atoms with van der Waals surface area (Å²) in [5, 5.41) is 0. The Bertz CT molecular complexity index is 759. The largest absolute Gasteiger partial charge is 0.466 e. The summed E-state index contributed by atoms with van der Waals surface area (Å²) in [5.41, 5.74) is 1.35. The molecule has 4 aliphatic rings. The second kappa shape index (κ2) is 8.51. The monoisotopic (exact) mass is 434 g/mol. The quantitative estimate of drug-likeness (QED) is 0.449. The summed E-state index contributed by atoms with van der Waals surface area (Å²) in [4.78, 5) is 24.5. The number of carbonyl (C=O) groups is 2. The molecule has 0 saturated heterocycles. The molecule has 0 spiro atoms. The van der Waals surface area contributed by atoms with E-state index < -0.39 is 0 Å². The number of hydrogen-bond acceptors (Lipinski definition) is 6. The second-order valence-electron chi connectivity index (χ2n) is 10.7. The van der Waals surface area contributed by atoms with Gasteiger partial charge in [0.2, 0.25) is 0 Å². The number of methoxy groups -OCH3 is 1. The van der Waals surface area contributed by atoms with Crippen molar-refractivity contribution in [2.24, 2.45) is 34.5 Å². The van der Waals surface area contributed by atoms with E-state index >= 15 is 0 Å². The minimum atomic E-state index is -0.217. The Hall–Kier alpha value is -1.40. The molecule has 6 heteroatoms. The number of allylic oxidation sites excluding steroid dienone is 2. The van der Waals surface area contributed by atoms with Crippen molar-refractivity contribution < 1.29 is 28.5 Å². The van der Waals surface area contributed by atoms with Crippen molar-refractivity contribution in [3.63, 3.8) is 0 Å². The summed E-state index contributed by atoms with van der Waals surface area (Å²) in [5.74, 6) is 1.61. The Morgan fingerprint density at radius 2 is 1.97 bits per heavy atom. The SMILES string of the molecule is COCOC1CC[C@]2(C)C3=C(OC(=O)C2C1)[C@@H]1CC[C@H](C(C)COC(C)=O)[C@@]1(C)CC3. The van der Waals surface area contributed by atoms with Gasteiger partial charge in [-0.3, -0.25) is 9.59 Å². The molecule has 7 atom stereocenters. The Labute approximate surface area is 186 Å². The van der Waals surface area contributed by atoms with Crippen LogP contribution in [0.1, 0.15) is 72.6 Å². The Balaban J connectivity index is 1.56. The lowest BCUT2D eigenvalue weighted by molar-refractivity contribution is -0.164. The standard InChI is InChI=1S/C25H38O6/c1-15(13-29-16(2)26)18-6-7-19-22-20(9-11-24(18,19)3)25(4)10-8-17(30-14-28-5)12-21(25)23(27)31-22/h15,17-19,21H,6-14H2,1-5H3/t15?,17?,18-,19+,21?,24-,25-/m1/s1. The second-order valence-corrected chi connectivity index (χ2v) is 10.7. The maximum atomic E-state index is 13.2. The maximum Gasteiger partial charge on any atom is 0.315 e. The molecule has 0 aromatic carbocycles. The smallest absolute Gasteiger partial charge is 0.315 e. The highest BCUT2D eigenvalue weighted by molar-refractivity contribution is 5.77. The lowest BCUT2D eigenvalue weighted by atomic mass is 9.55. The molecule has 0 bridgehead atoms. The third-order valence-corrected chi connectivity index (χ3v) is 9.03. The van der Waals surface area contributed by atoms with Gasteiger partial charge in [-0.25, -0.2) is 0 Å². The average molecular weight is 435 g/mol. The highest BCUT2D eigenvalue weighted by atomic mass is 16.7. The summed E-state index contributed by atoms with van der Waals surface area (Å²) in [6.07, 6.45) is 6.89. The Morgan fingerprint density at radius 3 is 2.68 bits per heavy atom. The van der Waals surface area contributed by atoms with E-state index in [0.717, 1.165) is 44.3 Å². The first-order chi connectivity index (χ1) is 14.7. The van der Waals surface area contributed by atoms with Crippen LogP contribution in [0.4, 0.5) is 0 Å². The van der Waals surface area contributed by atoms with E-state index in [-0.39, 0.29) is 47.5 Å². The normalized spacial score (nSPS) is 40.5. The number of ether oxygens (including phenoxy) is 4. The molecule has 0 radical (unpaired) electrons. The van der Waals surface area contributed by atoms with Gasteiger partial charge in [0, 0.05) is 25.4 Å². The third kappa shape index (κ3) is 3.84. The molecule has 0 aromatic heterocycles. The van der Waals surface area contributed by atoms with Crippen LogP contribution in [0.15, 0.2) is 11.3 Å². The molecule has 3 unspecified atom stereocenters. The van der Waals surface area contributed by atoms with Crippen molar-refractivity contribution in [3.8, 4) is 0 Å². The molecule has 174 valence electrons. The van der Waals surface area contributed by atoms with Gasteiger partial charge in [0.1, 0.15) is 12.6 Å². The predicted molar refractivity (Wildman–Crippen MR) is 115 cm³/mol. The lowest BCUT2D eigenvalue weighted by Gasteiger charge is -2.53. The molecule has 0 aromatic rings. The summed E-state index contributed by atoms with van der Waals surface area (Å²) >= 11 is 0. The molecule has 0 N–H and O–H groups in total. The van der Waals surface area contributed by atoms with Crippen molar-refractivity contribution in [2.45, 2.75) is 78.7 Å². The summed E-state index contributed by atoms with van der Waals surface area (Å²) < 4.78 is 22.3. The molecule has 1 heterocycles. The Kier molecular flexibility index (Phi) is 6.25. The number of fused-ring (bicyclic) bond motifs is 4. The fraction of sp³-hybridized carbons (Fsp3) is 0.840. The molecular formula is C25H38O6. The molecular weight excluding hydrogens is 396 g/mol. The van der Waals surface area contributed by atoms with Gasteiger partial charge in [-0.1, -0.05) is 20.8 Å². The minimum Gasteiger partial charge on any atom is -0.466 e. The molecule has 0 amide bonds. The van der Waals surface area contributed by atoms with Crippen LogP contribution in [-0.4, -0.2) is 38.6 Å². The number of carbonyl (C=O) groups excluding carboxylic acids is 2. The third-order valence-electron chi connectivity index (χ3n) is 9.03. The first kappa shape index (κ1) is 22.8. The Morgan fingerprint density at radius 1 is 1.19 bits per heavy atom. The molecule has 3 aliphatic carbocycles. The van der Waals surface area contributed by atoms with E-state index in [9.17, 15) is 9.59 Å². The van der Waals surface area contributed by atoms with Crippen LogP contribution >= 0.6 is 0 Å². The summed E-state index contributed by atoms with van der Waals surface area (Å²) in [7, 11) is 1.62. The van der Waals surface area contributed by atoms with E-state index in [2.05, 4.69) is 20.8 Å². The van der Waals surface area contributed by atoms with Crippen LogP contribution in [0.5, 0.6) is 0 Å². The minimum absolute atomic E-state index is 0.0552. The first-order valence-electron chi connectivity index (χ1n) is 11.9. The number of rotatable bonds is 6. The number of esters is 2. The zero-order valence-corrected chi connectivity index (χ0v) is 19.7. The van der Waals surface area contributed by atoms with E-state index in [1.165, 1.54) is 12.5 Å². The van der Waals surface area contributed by atoms with Crippen molar-refractivity contribution in [1.29, 1.82) is 0 Å². The molecule has 31 heavy (non-hydrogen) atoms. The van der Waals surface area contributed by atoms with Gasteiger partial charge < -0.3 is 18.9 Å². The first-order valence-corrected chi connectivity index (χ1v) is 11.9. The van der Waals surface area contributed by atoms with Crippen molar-refractivity contribution in [3.05, 3.63) is 11.3 Å². The van der Waals surface area contributed by atoms with Crippen LogP contribution in [0.25, 0.3) is 0 Å². The zero-order chi connectivity index (χ0) is 22.4. The highest BCUT2D eigenvalue weighted by Crippen LogP contribution is 2.64. The summed E-state index contributed by atoms with van der Waals surface area (Å²) in [6, 6.07) is 0. The van der Waals surface area contributed by atoms with Crippen molar-refractivity contribution in [2.75, 3.05) is 20.5 Å². The van der Waals surface area contributed by atoms with Gasteiger partial charge in [-0.15, -0.1) is 0 Å². The molecule has 2 fully saturated rings. The highest BCUT2D eigenvalue weighted by Gasteiger charge is 2.59. The topological polar surface area (TPSA) is 71.1 Å². The van der Waals surface area contributed by atoms with E-state index in [0.29, 0.717) is 24.9 Å². The van der Waals surface area contributed by atoms with E-state index in [1.54, 1.807) is 7.11 Å². The van der Waals surface area contributed by atoms with Gasteiger partial charge >= 0.3 is 11.9 Å². The zero-order valence-electron chi connectivity index (χ0n) is 19.7. The van der Waals surface area contributed by atoms with Crippen LogP contribution in [-0.2, 0) is 28.5 Å². The molecule has 1 aliphatic heterocycles. The van der Waals surface area contributed by atoms with E-state index in [1.807, 2.05) is 0 Å². The fourth-order valence-electron chi connectivity index (χ4n) is 7.27.